The summed E-state index contributed by atoms with van der Waals surface area (Å²) in [7, 11) is 1.38. The third-order valence-corrected chi connectivity index (χ3v) is 4.31. The van der Waals surface area contributed by atoms with Gasteiger partial charge in [-0.25, -0.2) is 4.39 Å². The highest BCUT2D eigenvalue weighted by molar-refractivity contribution is 5.72. The molecule has 2 rings (SSSR count). The number of rotatable bonds is 3. The van der Waals surface area contributed by atoms with Gasteiger partial charge in [0.2, 0.25) is 0 Å². The molecule has 104 valence electrons. The molecular weight excluding hydrogens is 245 g/mol. The summed E-state index contributed by atoms with van der Waals surface area (Å²) in [6.07, 6.45) is 1.71. The Morgan fingerprint density at radius 2 is 2.21 bits per heavy atom. The van der Waals surface area contributed by atoms with Crippen LogP contribution >= 0.6 is 0 Å². The first kappa shape index (κ1) is 14.0. The minimum absolute atomic E-state index is 0.228. The number of fused-ring (bicyclic) bond motifs is 1. The SMILES string of the molecule is COC(=O)CC1(C(C)(C)N)CCc2cc(F)ccc21. The summed E-state index contributed by atoms with van der Waals surface area (Å²) in [4.78, 5) is 11.7. The first-order valence-corrected chi connectivity index (χ1v) is 6.45. The second-order valence-electron chi connectivity index (χ2n) is 5.86. The van der Waals surface area contributed by atoms with E-state index in [1.54, 1.807) is 12.1 Å². The molecule has 1 aromatic rings. The molecule has 0 fully saturated rings. The normalized spacial score (nSPS) is 22.2. The number of ether oxygens (including phenoxy) is 1. The molecule has 1 aromatic carbocycles. The van der Waals surface area contributed by atoms with E-state index in [0.29, 0.717) is 0 Å². The molecule has 1 aliphatic rings. The highest BCUT2D eigenvalue weighted by atomic mass is 19.1. The molecule has 0 bridgehead atoms. The van der Waals surface area contributed by atoms with Gasteiger partial charge in [0.15, 0.2) is 0 Å². The summed E-state index contributed by atoms with van der Waals surface area (Å²) in [5, 5.41) is 0. The maximum absolute atomic E-state index is 13.3. The third-order valence-electron chi connectivity index (χ3n) is 4.31. The minimum atomic E-state index is -0.579. The van der Waals surface area contributed by atoms with Crippen LogP contribution in [0.1, 0.15) is 37.8 Å². The van der Waals surface area contributed by atoms with Gasteiger partial charge in [0, 0.05) is 11.0 Å². The van der Waals surface area contributed by atoms with Gasteiger partial charge in [-0.05, 0) is 49.9 Å². The van der Waals surface area contributed by atoms with Crippen LogP contribution in [-0.2, 0) is 21.4 Å². The zero-order valence-corrected chi connectivity index (χ0v) is 11.6. The Kier molecular flexibility index (Phi) is 3.39. The van der Waals surface area contributed by atoms with Crippen LogP contribution in [0.2, 0.25) is 0 Å². The second-order valence-corrected chi connectivity index (χ2v) is 5.86. The van der Waals surface area contributed by atoms with Crippen molar-refractivity contribution in [3.63, 3.8) is 0 Å². The Hall–Kier alpha value is -1.42. The molecular formula is C15H20FNO2. The summed E-state index contributed by atoms with van der Waals surface area (Å²) < 4.78 is 18.1. The van der Waals surface area contributed by atoms with Gasteiger partial charge < -0.3 is 10.5 Å². The van der Waals surface area contributed by atoms with E-state index in [4.69, 9.17) is 10.5 Å². The Balaban J connectivity index is 2.52. The van der Waals surface area contributed by atoms with E-state index in [0.717, 1.165) is 24.0 Å². The lowest BCUT2D eigenvalue weighted by molar-refractivity contribution is -0.142. The Morgan fingerprint density at radius 3 is 2.79 bits per heavy atom. The number of carbonyl (C=O) groups excluding carboxylic acids is 1. The molecule has 19 heavy (non-hydrogen) atoms. The van der Waals surface area contributed by atoms with Crippen molar-refractivity contribution in [2.45, 2.75) is 44.1 Å². The van der Waals surface area contributed by atoms with E-state index in [-0.39, 0.29) is 18.2 Å². The summed E-state index contributed by atoms with van der Waals surface area (Å²) in [6, 6.07) is 4.73. The number of methoxy groups -OCH3 is 1. The van der Waals surface area contributed by atoms with Gasteiger partial charge in [-0.1, -0.05) is 6.07 Å². The highest BCUT2D eigenvalue weighted by Gasteiger charge is 2.49. The molecule has 0 aromatic heterocycles. The molecule has 1 unspecified atom stereocenters. The summed E-state index contributed by atoms with van der Waals surface area (Å²) in [5.74, 6) is -0.529. The molecule has 0 aliphatic heterocycles. The average molecular weight is 265 g/mol. The Bertz CT molecular complexity index is 507. The maximum atomic E-state index is 13.3. The van der Waals surface area contributed by atoms with Crippen LogP contribution in [0.3, 0.4) is 0 Å². The second kappa shape index (κ2) is 4.60. The zero-order chi connectivity index (χ0) is 14.3. The van der Waals surface area contributed by atoms with E-state index in [2.05, 4.69) is 0 Å². The van der Waals surface area contributed by atoms with Gasteiger partial charge in [0.25, 0.3) is 0 Å². The highest BCUT2D eigenvalue weighted by Crippen LogP contribution is 2.48. The summed E-state index contributed by atoms with van der Waals surface area (Å²) >= 11 is 0. The molecule has 0 heterocycles. The number of halogens is 1. The molecule has 0 spiro atoms. The van der Waals surface area contributed by atoms with Crippen LogP contribution in [0.15, 0.2) is 18.2 Å². The molecule has 0 amide bonds. The molecule has 2 N–H and O–H groups in total. The van der Waals surface area contributed by atoms with Crippen molar-refractivity contribution in [3.05, 3.63) is 35.1 Å². The van der Waals surface area contributed by atoms with Crippen LogP contribution in [0.25, 0.3) is 0 Å². The first-order chi connectivity index (χ1) is 8.80. The van der Waals surface area contributed by atoms with Crippen molar-refractivity contribution in [1.82, 2.24) is 0 Å². The van der Waals surface area contributed by atoms with Crippen molar-refractivity contribution in [1.29, 1.82) is 0 Å². The van der Waals surface area contributed by atoms with Crippen molar-refractivity contribution in [2.75, 3.05) is 7.11 Å². The molecule has 3 nitrogen and oxygen atoms in total. The number of nitrogens with two attached hydrogens (primary N) is 1. The van der Waals surface area contributed by atoms with E-state index in [9.17, 15) is 9.18 Å². The lowest BCUT2D eigenvalue weighted by Crippen LogP contribution is -2.54. The fourth-order valence-electron chi connectivity index (χ4n) is 3.12. The molecule has 4 heteroatoms. The smallest absolute Gasteiger partial charge is 0.306 e. The monoisotopic (exact) mass is 265 g/mol. The van der Waals surface area contributed by atoms with Gasteiger partial charge in [-0.3, -0.25) is 4.79 Å². The van der Waals surface area contributed by atoms with Gasteiger partial charge >= 0.3 is 5.97 Å². The number of benzene rings is 1. The van der Waals surface area contributed by atoms with Gasteiger partial charge in [-0.15, -0.1) is 0 Å². The van der Waals surface area contributed by atoms with Crippen molar-refractivity contribution in [2.24, 2.45) is 5.73 Å². The fraction of sp³-hybridized carbons (Fsp3) is 0.533. The first-order valence-electron chi connectivity index (χ1n) is 6.45. The molecule has 0 radical (unpaired) electrons. The molecule has 1 atom stereocenters. The third kappa shape index (κ3) is 2.25. The number of carbonyl (C=O) groups is 1. The van der Waals surface area contributed by atoms with Gasteiger partial charge in [0.1, 0.15) is 5.82 Å². The number of esters is 1. The standard InChI is InChI=1S/C15H20FNO2/c1-14(2,17)15(9-13(18)19-3)7-6-10-8-11(16)4-5-12(10)15/h4-5,8H,6-7,9,17H2,1-3H3. The van der Waals surface area contributed by atoms with Gasteiger partial charge in [0.05, 0.1) is 13.5 Å². The van der Waals surface area contributed by atoms with Crippen LogP contribution < -0.4 is 5.73 Å². The topological polar surface area (TPSA) is 52.3 Å². The zero-order valence-electron chi connectivity index (χ0n) is 11.6. The van der Waals surface area contributed by atoms with E-state index in [1.165, 1.54) is 13.2 Å². The van der Waals surface area contributed by atoms with Crippen molar-refractivity contribution < 1.29 is 13.9 Å². The molecule has 1 aliphatic carbocycles. The van der Waals surface area contributed by atoms with Crippen molar-refractivity contribution in [3.8, 4) is 0 Å². The van der Waals surface area contributed by atoms with E-state index in [1.807, 2.05) is 13.8 Å². The average Bonchev–Trinajstić information content (AvgIpc) is 2.68. The van der Waals surface area contributed by atoms with Gasteiger partial charge in [-0.2, -0.15) is 0 Å². The van der Waals surface area contributed by atoms with E-state index < -0.39 is 11.0 Å². The van der Waals surface area contributed by atoms with E-state index >= 15 is 0 Å². The Morgan fingerprint density at radius 1 is 1.53 bits per heavy atom. The Labute approximate surface area is 112 Å². The molecule has 0 saturated heterocycles. The molecule has 0 saturated carbocycles. The van der Waals surface area contributed by atoms with Crippen molar-refractivity contribution >= 4 is 5.97 Å². The summed E-state index contributed by atoms with van der Waals surface area (Å²) in [5.41, 5.74) is 7.19. The number of aryl methyl sites for hydroxylation is 1. The lowest BCUT2D eigenvalue weighted by Gasteiger charge is -2.42. The lowest BCUT2D eigenvalue weighted by atomic mass is 9.66. The van der Waals surface area contributed by atoms with Crippen LogP contribution in [0.5, 0.6) is 0 Å². The van der Waals surface area contributed by atoms with Crippen LogP contribution in [-0.4, -0.2) is 18.6 Å². The predicted molar refractivity (Wildman–Crippen MR) is 71.3 cm³/mol. The minimum Gasteiger partial charge on any atom is -0.469 e. The number of hydrogen-bond donors (Lipinski definition) is 1. The largest absolute Gasteiger partial charge is 0.469 e. The van der Waals surface area contributed by atoms with Crippen LogP contribution in [0.4, 0.5) is 4.39 Å². The maximum Gasteiger partial charge on any atom is 0.306 e. The quantitative estimate of drug-likeness (QED) is 0.853. The predicted octanol–water partition coefficient (Wildman–Crippen LogP) is 2.31. The summed E-state index contributed by atoms with van der Waals surface area (Å²) in [6.45, 7) is 3.82. The van der Waals surface area contributed by atoms with Crippen LogP contribution in [0, 0.1) is 5.82 Å². The fourth-order valence-corrected chi connectivity index (χ4v) is 3.12. The number of hydrogen-bond acceptors (Lipinski definition) is 3.